The van der Waals surface area contributed by atoms with Gasteiger partial charge in [-0.3, -0.25) is 14.2 Å². The fraction of sp³-hybridized carbons (Fsp3) is 0.300. The first-order chi connectivity index (χ1) is 8.11. The van der Waals surface area contributed by atoms with Crippen LogP contribution in [0.15, 0.2) is 18.5 Å². The van der Waals surface area contributed by atoms with Crippen LogP contribution in [0.3, 0.4) is 0 Å². The Labute approximate surface area is 98.2 Å². The zero-order valence-corrected chi connectivity index (χ0v) is 9.71. The van der Waals surface area contributed by atoms with Gasteiger partial charge < -0.3 is 11.1 Å². The van der Waals surface area contributed by atoms with Crippen LogP contribution in [0.25, 0.3) is 0 Å². The molecule has 0 saturated heterocycles. The summed E-state index contributed by atoms with van der Waals surface area (Å²) >= 11 is 0. The Morgan fingerprint density at radius 2 is 2.35 bits per heavy atom. The van der Waals surface area contributed by atoms with Crippen LogP contribution in [0.2, 0.25) is 0 Å². The SMILES string of the molecule is CCn1ccc(NC(=O)c2cnn(C)c2N)n1. The molecule has 90 valence electrons. The van der Waals surface area contributed by atoms with Gasteiger partial charge in [-0.2, -0.15) is 10.2 Å². The lowest BCUT2D eigenvalue weighted by molar-refractivity contribution is 0.102. The molecule has 2 rings (SSSR count). The molecule has 7 heteroatoms. The monoisotopic (exact) mass is 234 g/mol. The maximum atomic E-state index is 11.9. The third kappa shape index (κ3) is 2.12. The molecule has 2 heterocycles. The van der Waals surface area contributed by atoms with Crippen molar-refractivity contribution >= 4 is 17.5 Å². The second kappa shape index (κ2) is 4.28. The predicted molar refractivity (Wildman–Crippen MR) is 63.5 cm³/mol. The Kier molecular flexibility index (Phi) is 2.82. The van der Waals surface area contributed by atoms with E-state index in [9.17, 15) is 4.79 Å². The van der Waals surface area contributed by atoms with E-state index in [0.29, 0.717) is 17.2 Å². The number of nitrogen functional groups attached to an aromatic ring is 1. The third-order valence-corrected chi connectivity index (χ3v) is 2.44. The lowest BCUT2D eigenvalue weighted by atomic mass is 10.3. The summed E-state index contributed by atoms with van der Waals surface area (Å²) in [6.07, 6.45) is 3.23. The predicted octanol–water partition coefficient (Wildman–Crippen LogP) is 0.471. The number of aromatic nitrogens is 4. The number of anilines is 2. The highest BCUT2D eigenvalue weighted by Gasteiger charge is 2.14. The van der Waals surface area contributed by atoms with E-state index < -0.39 is 0 Å². The summed E-state index contributed by atoms with van der Waals surface area (Å²) in [4.78, 5) is 11.9. The molecule has 0 saturated carbocycles. The van der Waals surface area contributed by atoms with Gasteiger partial charge in [-0.1, -0.05) is 0 Å². The van der Waals surface area contributed by atoms with Crippen molar-refractivity contribution in [3.8, 4) is 0 Å². The molecule has 0 atom stereocenters. The normalized spacial score (nSPS) is 10.5. The Bertz CT molecular complexity index is 541. The molecule has 0 fully saturated rings. The Morgan fingerprint density at radius 3 is 2.88 bits per heavy atom. The maximum absolute atomic E-state index is 11.9. The van der Waals surface area contributed by atoms with Gasteiger partial charge in [0.1, 0.15) is 11.4 Å². The molecule has 3 N–H and O–H groups in total. The van der Waals surface area contributed by atoms with E-state index in [1.165, 1.54) is 10.9 Å². The third-order valence-electron chi connectivity index (χ3n) is 2.44. The van der Waals surface area contributed by atoms with Crippen molar-refractivity contribution in [2.45, 2.75) is 13.5 Å². The standard InChI is InChI=1S/C10H14N6O/c1-3-16-5-4-8(14-16)13-10(17)7-6-12-15(2)9(7)11/h4-6H,3,11H2,1-2H3,(H,13,14,17). The van der Waals surface area contributed by atoms with Gasteiger partial charge >= 0.3 is 0 Å². The average molecular weight is 234 g/mol. The molecular weight excluding hydrogens is 220 g/mol. The van der Waals surface area contributed by atoms with Gasteiger partial charge in [0, 0.05) is 25.9 Å². The van der Waals surface area contributed by atoms with Crippen LogP contribution >= 0.6 is 0 Å². The van der Waals surface area contributed by atoms with Crippen LogP contribution in [0.4, 0.5) is 11.6 Å². The van der Waals surface area contributed by atoms with Gasteiger partial charge in [0.25, 0.3) is 5.91 Å². The number of carbonyl (C=O) groups excluding carboxylic acids is 1. The van der Waals surface area contributed by atoms with Crippen molar-refractivity contribution < 1.29 is 4.79 Å². The summed E-state index contributed by atoms with van der Waals surface area (Å²) < 4.78 is 3.17. The summed E-state index contributed by atoms with van der Waals surface area (Å²) in [6.45, 7) is 2.72. The van der Waals surface area contributed by atoms with Gasteiger partial charge in [-0.15, -0.1) is 0 Å². The largest absolute Gasteiger partial charge is 0.383 e. The zero-order valence-electron chi connectivity index (χ0n) is 9.71. The van der Waals surface area contributed by atoms with Crippen molar-refractivity contribution in [1.29, 1.82) is 0 Å². The van der Waals surface area contributed by atoms with Crippen LogP contribution in [0.1, 0.15) is 17.3 Å². The molecule has 0 aliphatic carbocycles. The van der Waals surface area contributed by atoms with Gasteiger partial charge in [-0.25, -0.2) is 0 Å². The van der Waals surface area contributed by atoms with Crippen molar-refractivity contribution in [1.82, 2.24) is 19.6 Å². The molecule has 7 nitrogen and oxygen atoms in total. The van der Waals surface area contributed by atoms with E-state index in [0.717, 1.165) is 6.54 Å². The number of nitrogens with two attached hydrogens (primary N) is 1. The molecular formula is C10H14N6O. The van der Waals surface area contributed by atoms with Crippen LogP contribution in [0.5, 0.6) is 0 Å². The molecule has 1 amide bonds. The minimum Gasteiger partial charge on any atom is -0.383 e. The van der Waals surface area contributed by atoms with Crippen LogP contribution in [-0.2, 0) is 13.6 Å². The van der Waals surface area contributed by atoms with Crippen LogP contribution < -0.4 is 11.1 Å². The minimum absolute atomic E-state index is 0.308. The van der Waals surface area contributed by atoms with Crippen molar-refractivity contribution in [2.75, 3.05) is 11.1 Å². The molecule has 2 aromatic heterocycles. The highest BCUT2D eigenvalue weighted by molar-refractivity contribution is 6.06. The Balaban J connectivity index is 2.14. The maximum Gasteiger partial charge on any atom is 0.262 e. The molecule has 0 aliphatic rings. The summed E-state index contributed by atoms with van der Waals surface area (Å²) in [5.74, 6) is 0.523. The fourth-order valence-corrected chi connectivity index (χ4v) is 1.41. The molecule has 0 bridgehead atoms. The summed E-state index contributed by atoms with van der Waals surface area (Å²) in [5, 5.41) is 10.7. The van der Waals surface area contributed by atoms with Gasteiger partial charge in [0.15, 0.2) is 5.82 Å². The summed E-state index contributed by atoms with van der Waals surface area (Å²) in [7, 11) is 1.68. The summed E-state index contributed by atoms with van der Waals surface area (Å²) in [5.41, 5.74) is 6.05. The highest BCUT2D eigenvalue weighted by Crippen LogP contribution is 2.12. The topological polar surface area (TPSA) is 90.8 Å². The van der Waals surface area contributed by atoms with E-state index in [1.807, 2.05) is 6.92 Å². The lowest BCUT2D eigenvalue weighted by Crippen LogP contribution is -2.14. The van der Waals surface area contributed by atoms with E-state index >= 15 is 0 Å². The first kappa shape index (κ1) is 11.2. The van der Waals surface area contributed by atoms with Crippen molar-refractivity contribution in [2.24, 2.45) is 7.05 Å². The van der Waals surface area contributed by atoms with Crippen molar-refractivity contribution in [3.05, 3.63) is 24.0 Å². The van der Waals surface area contributed by atoms with Gasteiger partial charge in [0.05, 0.1) is 6.20 Å². The molecule has 0 radical (unpaired) electrons. The van der Waals surface area contributed by atoms with E-state index in [4.69, 9.17) is 5.73 Å². The van der Waals surface area contributed by atoms with Crippen LogP contribution in [-0.4, -0.2) is 25.5 Å². The average Bonchev–Trinajstić information content (AvgIpc) is 2.88. The number of hydrogen-bond donors (Lipinski definition) is 2. The number of aryl methyl sites for hydroxylation is 2. The molecule has 0 aliphatic heterocycles. The van der Waals surface area contributed by atoms with Gasteiger partial charge in [0.2, 0.25) is 0 Å². The molecule has 17 heavy (non-hydrogen) atoms. The second-order valence-electron chi connectivity index (χ2n) is 3.58. The molecule has 0 unspecified atom stereocenters. The Morgan fingerprint density at radius 1 is 1.59 bits per heavy atom. The van der Waals surface area contributed by atoms with E-state index in [2.05, 4.69) is 15.5 Å². The Hall–Kier alpha value is -2.31. The number of rotatable bonds is 3. The summed E-state index contributed by atoms with van der Waals surface area (Å²) in [6, 6.07) is 1.73. The lowest BCUT2D eigenvalue weighted by Gasteiger charge is -2.01. The van der Waals surface area contributed by atoms with Crippen LogP contribution in [0, 0.1) is 0 Å². The number of nitrogens with zero attached hydrogens (tertiary/aromatic N) is 4. The minimum atomic E-state index is -0.308. The highest BCUT2D eigenvalue weighted by atomic mass is 16.1. The first-order valence-corrected chi connectivity index (χ1v) is 5.24. The number of carbonyl (C=O) groups is 1. The number of amides is 1. The molecule has 2 aromatic rings. The molecule has 0 aromatic carbocycles. The number of hydrogen-bond acceptors (Lipinski definition) is 4. The first-order valence-electron chi connectivity index (χ1n) is 5.24. The van der Waals surface area contributed by atoms with E-state index in [1.54, 1.807) is 24.0 Å². The van der Waals surface area contributed by atoms with Crippen molar-refractivity contribution in [3.63, 3.8) is 0 Å². The fourth-order valence-electron chi connectivity index (χ4n) is 1.41. The zero-order chi connectivity index (χ0) is 12.4. The second-order valence-corrected chi connectivity index (χ2v) is 3.58. The molecule has 0 spiro atoms. The smallest absolute Gasteiger partial charge is 0.262 e. The number of nitrogens with one attached hydrogen (secondary N) is 1. The van der Waals surface area contributed by atoms with E-state index in [-0.39, 0.29) is 5.91 Å². The quantitative estimate of drug-likeness (QED) is 0.807. The van der Waals surface area contributed by atoms with Gasteiger partial charge in [-0.05, 0) is 6.92 Å².